The molecule has 0 unspecified atom stereocenters. The number of benzene rings is 2. The second-order valence-electron chi connectivity index (χ2n) is 8.36. The first-order valence-electron chi connectivity index (χ1n) is 10.8. The molecule has 4 rings (SSSR count). The SMILES string of the molecule is Cc1ccc2[nH]c(=O)c(CN(C(=S)N[C@@H](C)c3ccccc3)C3CCCC3)cc2c1. The normalized spacial score (nSPS) is 15.3. The largest absolute Gasteiger partial charge is 0.356 e. The van der Waals surface area contributed by atoms with E-state index in [2.05, 4.69) is 47.2 Å². The Morgan fingerprint density at radius 3 is 2.63 bits per heavy atom. The molecule has 156 valence electrons. The molecule has 0 bridgehead atoms. The number of H-pyrrole nitrogens is 1. The van der Waals surface area contributed by atoms with Gasteiger partial charge in [0.1, 0.15) is 0 Å². The van der Waals surface area contributed by atoms with Gasteiger partial charge in [0, 0.05) is 17.1 Å². The van der Waals surface area contributed by atoms with Crippen LogP contribution in [0.5, 0.6) is 0 Å². The lowest BCUT2D eigenvalue weighted by Gasteiger charge is -2.33. The van der Waals surface area contributed by atoms with E-state index < -0.39 is 0 Å². The van der Waals surface area contributed by atoms with Crippen LogP contribution in [0.4, 0.5) is 0 Å². The van der Waals surface area contributed by atoms with E-state index in [0.717, 1.165) is 34.4 Å². The molecule has 1 saturated carbocycles. The van der Waals surface area contributed by atoms with Gasteiger partial charge in [0.25, 0.3) is 5.56 Å². The number of pyridine rings is 1. The molecular formula is C25H29N3OS. The van der Waals surface area contributed by atoms with Gasteiger partial charge in [0.15, 0.2) is 5.11 Å². The standard InChI is InChI=1S/C25H29N3OS/c1-17-12-13-23-20(14-17)15-21(24(29)27-23)16-28(22-10-6-7-11-22)25(30)26-18(2)19-8-4-3-5-9-19/h3-5,8-9,12-15,18,22H,6-7,10-11,16H2,1-2H3,(H,26,30)(H,27,29)/t18-/m0/s1. The lowest BCUT2D eigenvalue weighted by atomic mass is 10.1. The zero-order valence-corrected chi connectivity index (χ0v) is 18.5. The number of fused-ring (bicyclic) bond motifs is 1. The van der Waals surface area contributed by atoms with Crippen LogP contribution in [-0.2, 0) is 6.54 Å². The van der Waals surface area contributed by atoms with Crippen LogP contribution < -0.4 is 10.9 Å². The first kappa shape index (κ1) is 20.6. The van der Waals surface area contributed by atoms with E-state index in [9.17, 15) is 4.79 Å². The Balaban J connectivity index is 1.60. The third-order valence-electron chi connectivity index (χ3n) is 6.08. The quantitative estimate of drug-likeness (QED) is 0.557. The molecule has 30 heavy (non-hydrogen) atoms. The van der Waals surface area contributed by atoms with Crippen LogP contribution in [0.2, 0.25) is 0 Å². The molecule has 1 atom stereocenters. The Kier molecular flexibility index (Phi) is 6.18. The van der Waals surface area contributed by atoms with E-state index in [-0.39, 0.29) is 11.6 Å². The Bertz CT molecular complexity index is 1090. The molecule has 4 nitrogen and oxygen atoms in total. The summed E-state index contributed by atoms with van der Waals surface area (Å²) in [5.41, 5.74) is 3.98. The molecule has 1 fully saturated rings. The molecule has 0 saturated heterocycles. The molecule has 2 N–H and O–H groups in total. The molecule has 0 amide bonds. The molecule has 1 aliphatic carbocycles. The summed E-state index contributed by atoms with van der Waals surface area (Å²) in [7, 11) is 0. The van der Waals surface area contributed by atoms with E-state index in [4.69, 9.17) is 12.2 Å². The van der Waals surface area contributed by atoms with Crippen LogP contribution in [0, 0.1) is 6.92 Å². The van der Waals surface area contributed by atoms with Crippen molar-refractivity contribution < 1.29 is 0 Å². The van der Waals surface area contributed by atoms with Crippen molar-refractivity contribution in [2.24, 2.45) is 0 Å². The number of hydrogen-bond acceptors (Lipinski definition) is 2. The fraction of sp³-hybridized carbons (Fsp3) is 0.360. The van der Waals surface area contributed by atoms with Crippen LogP contribution in [0.25, 0.3) is 10.9 Å². The van der Waals surface area contributed by atoms with Crippen molar-refractivity contribution in [1.29, 1.82) is 0 Å². The van der Waals surface area contributed by atoms with Crippen molar-refractivity contribution in [1.82, 2.24) is 15.2 Å². The van der Waals surface area contributed by atoms with Gasteiger partial charge in [-0.05, 0) is 68.1 Å². The number of nitrogens with zero attached hydrogens (tertiary/aromatic N) is 1. The maximum absolute atomic E-state index is 12.8. The summed E-state index contributed by atoms with van der Waals surface area (Å²) in [6, 6.07) is 18.9. The second-order valence-corrected chi connectivity index (χ2v) is 8.75. The highest BCUT2D eigenvalue weighted by Crippen LogP contribution is 2.26. The fourth-order valence-corrected chi connectivity index (χ4v) is 4.74. The average molecular weight is 420 g/mol. The predicted octanol–water partition coefficient (Wildman–Crippen LogP) is 5.22. The Labute approximate surface area is 183 Å². The van der Waals surface area contributed by atoms with Crippen molar-refractivity contribution >= 4 is 28.2 Å². The Morgan fingerprint density at radius 1 is 1.17 bits per heavy atom. The number of aromatic nitrogens is 1. The number of aromatic amines is 1. The number of hydrogen-bond donors (Lipinski definition) is 2. The van der Waals surface area contributed by atoms with Crippen LogP contribution >= 0.6 is 12.2 Å². The van der Waals surface area contributed by atoms with Crippen molar-refractivity contribution in [3.05, 3.63) is 81.6 Å². The topological polar surface area (TPSA) is 48.1 Å². The summed E-state index contributed by atoms with van der Waals surface area (Å²) >= 11 is 5.85. The smallest absolute Gasteiger partial charge is 0.253 e. The van der Waals surface area contributed by atoms with Gasteiger partial charge >= 0.3 is 0 Å². The van der Waals surface area contributed by atoms with Crippen LogP contribution in [0.3, 0.4) is 0 Å². The van der Waals surface area contributed by atoms with E-state index in [1.54, 1.807) is 0 Å². The van der Waals surface area contributed by atoms with Crippen molar-refractivity contribution in [2.75, 3.05) is 0 Å². The fourth-order valence-electron chi connectivity index (χ4n) is 4.35. The van der Waals surface area contributed by atoms with E-state index >= 15 is 0 Å². The van der Waals surface area contributed by atoms with Crippen molar-refractivity contribution in [3.63, 3.8) is 0 Å². The molecule has 0 aliphatic heterocycles. The zero-order chi connectivity index (χ0) is 21.1. The summed E-state index contributed by atoms with van der Waals surface area (Å²) < 4.78 is 0. The van der Waals surface area contributed by atoms with E-state index in [1.165, 1.54) is 24.0 Å². The molecule has 3 aromatic rings. The van der Waals surface area contributed by atoms with Gasteiger partial charge in [-0.3, -0.25) is 4.79 Å². The van der Waals surface area contributed by atoms with Crippen molar-refractivity contribution in [2.45, 2.75) is 58.2 Å². The number of aryl methyl sites for hydroxylation is 1. The molecule has 0 radical (unpaired) electrons. The van der Waals surface area contributed by atoms with Gasteiger partial charge in [-0.25, -0.2) is 0 Å². The Hall–Kier alpha value is -2.66. The minimum atomic E-state index is -0.0340. The third-order valence-corrected chi connectivity index (χ3v) is 6.44. The molecule has 5 heteroatoms. The minimum Gasteiger partial charge on any atom is -0.356 e. The predicted molar refractivity (Wildman–Crippen MR) is 128 cm³/mol. The average Bonchev–Trinajstić information content (AvgIpc) is 3.27. The first-order valence-corrected chi connectivity index (χ1v) is 11.2. The summed E-state index contributed by atoms with van der Waals surface area (Å²) in [5.74, 6) is 0. The molecule has 1 aromatic heterocycles. The summed E-state index contributed by atoms with van der Waals surface area (Å²) in [4.78, 5) is 18.1. The maximum Gasteiger partial charge on any atom is 0.253 e. The van der Waals surface area contributed by atoms with Crippen molar-refractivity contribution in [3.8, 4) is 0 Å². The van der Waals surface area contributed by atoms with Crippen LogP contribution in [0.15, 0.2) is 59.4 Å². The molecule has 2 aromatic carbocycles. The van der Waals surface area contributed by atoms with Gasteiger partial charge in [0.05, 0.1) is 12.6 Å². The highest BCUT2D eigenvalue weighted by atomic mass is 32.1. The van der Waals surface area contributed by atoms with Gasteiger partial charge < -0.3 is 15.2 Å². The highest BCUT2D eigenvalue weighted by molar-refractivity contribution is 7.80. The number of rotatable bonds is 5. The lowest BCUT2D eigenvalue weighted by Crippen LogP contribution is -2.46. The molecule has 0 spiro atoms. The van der Waals surface area contributed by atoms with Gasteiger partial charge in [-0.15, -0.1) is 0 Å². The minimum absolute atomic E-state index is 0.0340. The van der Waals surface area contributed by atoms with Gasteiger partial charge in [-0.1, -0.05) is 54.8 Å². The highest BCUT2D eigenvalue weighted by Gasteiger charge is 2.26. The van der Waals surface area contributed by atoms with Crippen LogP contribution in [0.1, 0.15) is 55.3 Å². The summed E-state index contributed by atoms with van der Waals surface area (Å²) in [5, 5.41) is 5.29. The zero-order valence-electron chi connectivity index (χ0n) is 17.7. The summed E-state index contributed by atoms with van der Waals surface area (Å²) in [6.07, 6.45) is 4.66. The number of nitrogens with one attached hydrogen (secondary N) is 2. The second kappa shape index (κ2) is 9.00. The molecular weight excluding hydrogens is 390 g/mol. The van der Waals surface area contributed by atoms with Gasteiger partial charge in [-0.2, -0.15) is 0 Å². The number of thiocarbonyl (C=S) groups is 1. The van der Waals surface area contributed by atoms with E-state index in [0.29, 0.717) is 12.6 Å². The van der Waals surface area contributed by atoms with E-state index in [1.807, 2.05) is 36.4 Å². The molecule has 1 heterocycles. The summed E-state index contributed by atoms with van der Waals surface area (Å²) in [6.45, 7) is 4.72. The van der Waals surface area contributed by atoms with Gasteiger partial charge in [0.2, 0.25) is 0 Å². The Morgan fingerprint density at radius 2 is 1.90 bits per heavy atom. The monoisotopic (exact) mass is 419 g/mol. The first-order chi connectivity index (χ1) is 14.5. The maximum atomic E-state index is 12.8. The lowest BCUT2D eigenvalue weighted by molar-refractivity contribution is 0.300. The van der Waals surface area contributed by atoms with Crippen LogP contribution in [-0.4, -0.2) is 21.0 Å². The molecule has 1 aliphatic rings. The third kappa shape index (κ3) is 4.57.